The third-order valence-corrected chi connectivity index (χ3v) is 3.19. The van der Waals surface area contributed by atoms with Gasteiger partial charge in [-0.25, -0.2) is 19.4 Å². The maximum Gasteiger partial charge on any atom is 0.338 e. The molecule has 0 spiro atoms. The molecule has 24 heavy (non-hydrogen) atoms. The van der Waals surface area contributed by atoms with E-state index in [2.05, 4.69) is 15.1 Å². The number of aromatic carboxylic acids is 1. The van der Waals surface area contributed by atoms with Gasteiger partial charge in [0.2, 0.25) is 0 Å². The van der Waals surface area contributed by atoms with E-state index in [0.717, 1.165) is 0 Å². The average Bonchev–Trinajstić information content (AvgIpc) is 3.24. The number of carboxylic acid groups (broad SMARTS) is 1. The van der Waals surface area contributed by atoms with Crippen LogP contribution < -0.4 is 4.74 Å². The number of pyridine rings is 1. The number of ether oxygens (including phenoxy) is 1. The predicted molar refractivity (Wildman–Crippen MR) is 84.1 cm³/mol. The predicted octanol–water partition coefficient (Wildman–Crippen LogP) is 2.66. The van der Waals surface area contributed by atoms with E-state index in [1.807, 2.05) is 13.8 Å². The highest BCUT2D eigenvalue weighted by Gasteiger charge is 2.15. The lowest BCUT2D eigenvalue weighted by Crippen LogP contribution is -2.07. The lowest BCUT2D eigenvalue weighted by atomic mass is 10.2. The first-order valence-electron chi connectivity index (χ1n) is 7.34. The molecule has 8 nitrogen and oxygen atoms in total. The molecular formula is C16H16N4O4. The van der Waals surface area contributed by atoms with E-state index in [9.17, 15) is 4.79 Å². The Morgan fingerprint density at radius 2 is 2.21 bits per heavy atom. The summed E-state index contributed by atoms with van der Waals surface area (Å²) in [6.07, 6.45) is 7.13. The van der Waals surface area contributed by atoms with Gasteiger partial charge in [0.1, 0.15) is 5.75 Å². The summed E-state index contributed by atoms with van der Waals surface area (Å²) in [5.74, 6) is 0.855. The molecule has 3 rings (SSSR count). The summed E-state index contributed by atoms with van der Waals surface area (Å²) in [6, 6.07) is 1.72. The second kappa shape index (κ2) is 6.53. The number of carboxylic acids is 1. The van der Waals surface area contributed by atoms with Crippen LogP contribution in [0.3, 0.4) is 0 Å². The Kier molecular flexibility index (Phi) is 4.28. The average molecular weight is 328 g/mol. The molecule has 0 fully saturated rings. The van der Waals surface area contributed by atoms with Gasteiger partial charge in [-0.2, -0.15) is 5.10 Å². The van der Waals surface area contributed by atoms with Crippen LogP contribution in [-0.4, -0.2) is 37.4 Å². The van der Waals surface area contributed by atoms with Gasteiger partial charge in [0, 0.05) is 6.20 Å². The molecule has 0 bridgehead atoms. The van der Waals surface area contributed by atoms with Crippen molar-refractivity contribution in [2.75, 3.05) is 6.61 Å². The molecular weight excluding hydrogens is 312 g/mol. The topological polar surface area (TPSA) is 103 Å². The van der Waals surface area contributed by atoms with Crippen molar-refractivity contribution < 1.29 is 19.1 Å². The SMILES string of the molecule is CC(C)COc1cnc(-n2cc(C(=O)O)cn2)cc1-c1cnco1. The number of carbonyl (C=O) groups is 1. The first-order chi connectivity index (χ1) is 11.5. The quantitative estimate of drug-likeness (QED) is 0.742. The van der Waals surface area contributed by atoms with Crippen LogP contribution in [0.2, 0.25) is 0 Å². The van der Waals surface area contributed by atoms with Gasteiger partial charge in [0.05, 0.1) is 36.3 Å². The minimum atomic E-state index is -1.05. The molecule has 0 amide bonds. The van der Waals surface area contributed by atoms with E-state index in [4.69, 9.17) is 14.3 Å². The maximum absolute atomic E-state index is 11.0. The Bertz CT molecular complexity index is 840. The van der Waals surface area contributed by atoms with Crippen LogP contribution in [0, 0.1) is 5.92 Å². The zero-order valence-electron chi connectivity index (χ0n) is 13.2. The van der Waals surface area contributed by atoms with Crippen LogP contribution in [0.15, 0.2) is 41.7 Å². The molecule has 3 heterocycles. The Morgan fingerprint density at radius 1 is 1.38 bits per heavy atom. The van der Waals surface area contributed by atoms with Gasteiger partial charge in [-0.05, 0) is 12.0 Å². The molecule has 0 unspecified atom stereocenters. The van der Waals surface area contributed by atoms with Gasteiger partial charge < -0.3 is 14.3 Å². The zero-order valence-corrected chi connectivity index (χ0v) is 13.2. The maximum atomic E-state index is 11.0. The normalized spacial score (nSPS) is 11.0. The van der Waals surface area contributed by atoms with Crippen LogP contribution >= 0.6 is 0 Å². The summed E-state index contributed by atoms with van der Waals surface area (Å²) in [5, 5.41) is 13.0. The number of oxazole rings is 1. The van der Waals surface area contributed by atoms with Gasteiger partial charge in [-0.3, -0.25) is 0 Å². The summed E-state index contributed by atoms with van der Waals surface area (Å²) in [7, 11) is 0. The number of hydrogen-bond acceptors (Lipinski definition) is 6. The number of rotatable bonds is 6. The summed E-state index contributed by atoms with van der Waals surface area (Å²) < 4.78 is 12.5. The third-order valence-electron chi connectivity index (χ3n) is 3.19. The summed E-state index contributed by atoms with van der Waals surface area (Å²) >= 11 is 0. The van der Waals surface area contributed by atoms with E-state index in [1.165, 1.54) is 23.5 Å². The van der Waals surface area contributed by atoms with E-state index < -0.39 is 5.97 Å². The molecule has 0 saturated carbocycles. The largest absolute Gasteiger partial charge is 0.491 e. The molecule has 3 aromatic heterocycles. The fourth-order valence-electron chi connectivity index (χ4n) is 2.03. The van der Waals surface area contributed by atoms with E-state index in [1.54, 1.807) is 18.5 Å². The number of aromatic nitrogens is 4. The van der Waals surface area contributed by atoms with Crippen molar-refractivity contribution in [2.24, 2.45) is 5.92 Å². The van der Waals surface area contributed by atoms with Crippen LogP contribution in [-0.2, 0) is 0 Å². The standard InChI is InChI=1S/C16H16N4O4/c1-10(2)8-23-14-6-18-15(3-12(14)13-5-17-9-24-13)20-7-11(4-19-20)16(21)22/h3-7,9-10H,8H2,1-2H3,(H,21,22). The van der Waals surface area contributed by atoms with Crippen molar-refractivity contribution in [1.29, 1.82) is 0 Å². The lowest BCUT2D eigenvalue weighted by Gasteiger charge is -2.12. The van der Waals surface area contributed by atoms with Gasteiger partial charge in [0.25, 0.3) is 0 Å². The highest BCUT2D eigenvalue weighted by atomic mass is 16.5. The van der Waals surface area contributed by atoms with Crippen molar-refractivity contribution in [3.05, 3.63) is 42.8 Å². The molecule has 0 saturated heterocycles. The Hall–Kier alpha value is -3.16. The first-order valence-corrected chi connectivity index (χ1v) is 7.34. The smallest absolute Gasteiger partial charge is 0.338 e. The highest BCUT2D eigenvalue weighted by molar-refractivity contribution is 5.87. The van der Waals surface area contributed by atoms with Crippen molar-refractivity contribution in [3.8, 4) is 22.9 Å². The molecule has 1 N–H and O–H groups in total. The van der Waals surface area contributed by atoms with E-state index >= 15 is 0 Å². The molecule has 0 atom stereocenters. The zero-order chi connectivity index (χ0) is 17.1. The Labute approximate surface area is 137 Å². The van der Waals surface area contributed by atoms with E-state index in [-0.39, 0.29) is 5.56 Å². The monoisotopic (exact) mass is 328 g/mol. The number of nitrogens with zero attached hydrogens (tertiary/aromatic N) is 4. The molecule has 124 valence electrons. The second-order valence-electron chi connectivity index (χ2n) is 5.59. The van der Waals surface area contributed by atoms with Gasteiger partial charge >= 0.3 is 5.97 Å². The molecule has 8 heteroatoms. The fourth-order valence-corrected chi connectivity index (χ4v) is 2.03. The minimum absolute atomic E-state index is 0.0816. The van der Waals surface area contributed by atoms with Gasteiger partial charge in [-0.1, -0.05) is 13.8 Å². The minimum Gasteiger partial charge on any atom is -0.491 e. The molecule has 0 aliphatic heterocycles. The Morgan fingerprint density at radius 3 is 2.83 bits per heavy atom. The van der Waals surface area contributed by atoms with Crippen molar-refractivity contribution in [2.45, 2.75) is 13.8 Å². The number of hydrogen-bond donors (Lipinski definition) is 1. The highest BCUT2D eigenvalue weighted by Crippen LogP contribution is 2.31. The first kappa shape index (κ1) is 15.7. The lowest BCUT2D eigenvalue weighted by molar-refractivity contribution is 0.0697. The third kappa shape index (κ3) is 3.27. The van der Waals surface area contributed by atoms with E-state index in [0.29, 0.717) is 35.4 Å². The van der Waals surface area contributed by atoms with Crippen molar-refractivity contribution >= 4 is 5.97 Å². The summed E-state index contributed by atoms with van der Waals surface area (Å²) in [4.78, 5) is 19.2. The van der Waals surface area contributed by atoms with Crippen LogP contribution in [0.1, 0.15) is 24.2 Å². The molecule has 0 aliphatic rings. The summed E-state index contributed by atoms with van der Waals surface area (Å²) in [6.45, 7) is 4.63. The molecule has 0 aromatic carbocycles. The van der Waals surface area contributed by atoms with Gasteiger partial charge in [-0.15, -0.1) is 0 Å². The van der Waals surface area contributed by atoms with Crippen LogP contribution in [0.25, 0.3) is 17.1 Å². The van der Waals surface area contributed by atoms with Crippen LogP contribution in [0.5, 0.6) is 5.75 Å². The van der Waals surface area contributed by atoms with Crippen LogP contribution in [0.4, 0.5) is 0 Å². The summed E-state index contributed by atoms with van der Waals surface area (Å²) in [5.41, 5.74) is 0.753. The second-order valence-corrected chi connectivity index (χ2v) is 5.59. The van der Waals surface area contributed by atoms with Crippen molar-refractivity contribution in [1.82, 2.24) is 19.7 Å². The molecule has 0 radical (unpaired) electrons. The van der Waals surface area contributed by atoms with Crippen molar-refractivity contribution in [3.63, 3.8) is 0 Å². The fraction of sp³-hybridized carbons (Fsp3) is 0.250. The Balaban J connectivity index is 2.00. The molecule has 0 aliphatic carbocycles. The molecule has 3 aromatic rings. The van der Waals surface area contributed by atoms with Gasteiger partial charge in [0.15, 0.2) is 18.0 Å².